The van der Waals surface area contributed by atoms with Crippen LogP contribution in [0, 0.1) is 0 Å². The van der Waals surface area contributed by atoms with Gasteiger partial charge in [-0.2, -0.15) is 13.2 Å². The topological polar surface area (TPSA) is 67.4 Å². The molecular weight excluding hydrogens is 421 g/mol. The molecule has 4 rings (SSSR count). The Balaban J connectivity index is 1.26. The Bertz CT molecular complexity index is 1030. The second-order valence-corrected chi connectivity index (χ2v) is 7.43. The minimum atomic E-state index is -4.37. The molecule has 3 aromatic rings. The highest BCUT2D eigenvalue weighted by Crippen LogP contribution is 2.30. The molecule has 1 aliphatic rings. The number of carbonyl (C=O) groups is 1. The van der Waals surface area contributed by atoms with Gasteiger partial charge in [0.15, 0.2) is 5.82 Å². The minimum absolute atomic E-state index is 0.131. The van der Waals surface area contributed by atoms with E-state index in [1.807, 2.05) is 30.3 Å². The summed E-state index contributed by atoms with van der Waals surface area (Å²) >= 11 is 0. The first-order chi connectivity index (χ1) is 15.4. The maximum atomic E-state index is 12.7. The van der Waals surface area contributed by atoms with E-state index in [-0.39, 0.29) is 12.0 Å². The summed E-state index contributed by atoms with van der Waals surface area (Å²) in [7, 11) is 0. The molecule has 32 heavy (non-hydrogen) atoms. The summed E-state index contributed by atoms with van der Waals surface area (Å²) in [6, 6.07) is 14.2. The van der Waals surface area contributed by atoms with Gasteiger partial charge in [-0.3, -0.25) is 10.2 Å². The lowest BCUT2D eigenvalue weighted by atomic mass is 10.1. The Hall–Kier alpha value is -3.46. The fraction of sp³-hybridized carbons (Fsp3) is 0.261. The molecule has 0 atom stereocenters. The van der Waals surface area contributed by atoms with Gasteiger partial charge in [0.2, 0.25) is 0 Å². The summed E-state index contributed by atoms with van der Waals surface area (Å²) in [6.45, 7) is 1.11. The van der Waals surface area contributed by atoms with E-state index in [9.17, 15) is 18.0 Å². The van der Waals surface area contributed by atoms with E-state index in [2.05, 4.69) is 15.4 Å². The number of hydrogen-bond donors (Lipinski definition) is 1. The molecule has 1 N–H and O–H groups in total. The van der Waals surface area contributed by atoms with Crippen LogP contribution in [0.15, 0.2) is 67.0 Å². The average Bonchev–Trinajstić information content (AvgIpc) is 2.81. The molecule has 0 saturated carbocycles. The van der Waals surface area contributed by atoms with Crippen molar-refractivity contribution in [2.24, 2.45) is 0 Å². The summed E-state index contributed by atoms with van der Waals surface area (Å²) in [5.74, 6) is 0.645. The third-order valence-electron chi connectivity index (χ3n) is 5.13. The molecule has 1 saturated heterocycles. The molecule has 2 aromatic carbocycles. The predicted molar refractivity (Wildman–Crippen MR) is 112 cm³/mol. The molecular formula is C23H21F3N4O2. The van der Waals surface area contributed by atoms with Crippen LogP contribution in [0.5, 0.6) is 5.75 Å². The van der Waals surface area contributed by atoms with Gasteiger partial charge in [-0.05, 0) is 37.1 Å². The van der Waals surface area contributed by atoms with Crippen LogP contribution < -0.4 is 10.2 Å². The predicted octanol–water partition coefficient (Wildman–Crippen LogP) is 4.35. The van der Waals surface area contributed by atoms with Crippen molar-refractivity contribution in [3.8, 4) is 17.1 Å². The number of aromatic nitrogens is 2. The monoisotopic (exact) mass is 442 g/mol. The number of nitrogens with zero attached hydrogens (tertiary/aromatic N) is 3. The molecule has 0 radical (unpaired) electrons. The van der Waals surface area contributed by atoms with Crippen LogP contribution in [0.25, 0.3) is 11.4 Å². The molecule has 1 aromatic heterocycles. The Labute approximate surface area is 183 Å². The number of benzene rings is 2. The fourth-order valence-electron chi connectivity index (χ4n) is 3.39. The number of alkyl halides is 3. The lowest BCUT2D eigenvalue weighted by molar-refractivity contribution is -0.137. The van der Waals surface area contributed by atoms with Crippen molar-refractivity contribution in [1.82, 2.24) is 20.4 Å². The second kappa shape index (κ2) is 9.35. The minimum Gasteiger partial charge on any atom is -0.490 e. The highest BCUT2D eigenvalue weighted by Gasteiger charge is 2.30. The van der Waals surface area contributed by atoms with Crippen molar-refractivity contribution in [3.63, 3.8) is 0 Å². The van der Waals surface area contributed by atoms with Crippen molar-refractivity contribution in [3.05, 3.63) is 78.1 Å². The van der Waals surface area contributed by atoms with E-state index in [4.69, 9.17) is 4.74 Å². The second-order valence-electron chi connectivity index (χ2n) is 7.43. The zero-order valence-electron chi connectivity index (χ0n) is 17.0. The summed E-state index contributed by atoms with van der Waals surface area (Å²) in [5, 5.41) is 1.79. The van der Waals surface area contributed by atoms with Crippen LogP contribution in [0.1, 0.15) is 28.8 Å². The zero-order chi connectivity index (χ0) is 22.6. The van der Waals surface area contributed by atoms with Gasteiger partial charge >= 0.3 is 6.18 Å². The molecule has 6 nitrogen and oxygen atoms in total. The van der Waals surface area contributed by atoms with Gasteiger partial charge in [0.05, 0.1) is 11.1 Å². The molecule has 0 unspecified atom stereocenters. The van der Waals surface area contributed by atoms with Crippen LogP contribution in [0.2, 0.25) is 0 Å². The zero-order valence-corrected chi connectivity index (χ0v) is 17.0. The van der Waals surface area contributed by atoms with Crippen LogP contribution in [0.3, 0.4) is 0 Å². The largest absolute Gasteiger partial charge is 0.490 e. The highest BCUT2D eigenvalue weighted by atomic mass is 19.4. The molecule has 2 heterocycles. The molecule has 166 valence electrons. The number of ether oxygens (including phenoxy) is 1. The summed E-state index contributed by atoms with van der Waals surface area (Å²) in [4.78, 5) is 21.0. The number of hydrazine groups is 1. The highest BCUT2D eigenvalue weighted by molar-refractivity contribution is 5.93. The average molecular weight is 442 g/mol. The Kier molecular flexibility index (Phi) is 6.36. The maximum Gasteiger partial charge on any atom is 0.416 e. The molecule has 1 fully saturated rings. The van der Waals surface area contributed by atoms with E-state index < -0.39 is 11.7 Å². The first kappa shape index (κ1) is 21.8. The fourth-order valence-corrected chi connectivity index (χ4v) is 3.39. The normalized spacial score (nSPS) is 15.3. The molecule has 1 aliphatic heterocycles. The summed E-state index contributed by atoms with van der Waals surface area (Å²) < 4.78 is 43.8. The van der Waals surface area contributed by atoms with Crippen LogP contribution in [0.4, 0.5) is 13.2 Å². The maximum absolute atomic E-state index is 12.7. The van der Waals surface area contributed by atoms with Crippen molar-refractivity contribution in [2.45, 2.75) is 25.1 Å². The molecule has 9 heteroatoms. The molecule has 0 bridgehead atoms. The van der Waals surface area contributed by atoms with Crippen LogP contribution in [-0.2, 0) is 6.18 Å². The van der Waals surface area contributed by atoms with Crippen molar-refractivity contribution in [2.75, 3.05) is 13.1 Å². The smallest absolute Gasteiger partial charge is 0.416 e. The molecule has 0 spiro atoms. The Morgan fingerprint density at radius 3 is 2.19 bits per heavy atom. The van der Waals surface area contributed by atoms with E-state index in [1.54, 1.807) is 5.01 Å². The lowest BCUT2D eigenvalue weighted by Crippen LogP contribution is -2.48. The van der Waals surface area contributed by atoms with Crippen molar-refractivity contribution < 1.29 is 22.7 Å². The van der Waals surface area contributed by atoms with Gasteiger partial charge in [-0.25, -0.2) is 15.0 Å². The van der Waals surface area contributed by atoms with Gasteiger partial charge < -0.3 is 4.74 Å². The number of rotatable bonds is 5. The van der Waals surface area contributed by atoms with E-state index >= 15 is 0 Å². The van der Waals surface area contributed by atoms with Gasteiger partial charge in [-0.1, -0.05) is 30.3 Å². The van der Waals surface area contributed by atoms with Crippen LogP contribution in [-0.4, -0.2) is 40.1 Å². The quantitative estimate of drug-likeness (QED) is 0.636. The standard InChI is InChI=1S/C23H21F3N4O2/c24-23(25,26)18-6-8-19(9-7-18)32-20-10-12-30(13-11-20)29-22(31)17-14-27-21(28-15-17)16-4-2-1-3-5-16/h1-9,14-15,20H,10-13H2,(H,29,31). The van der Waals surface area contributed by atoms with E-state index in [0.717, 1.165) is 17.7 Å². The molecule has 1 amide bonds. The number of piperidine rings is 1. The Morgan fingerprint density at radius 2 is 1.59 bits per heavy atom. The molecule has 0 aliphatic carbocycles. The number of amides is 1. The summed E-state index contributed by atoms with van der Waals surface area (Å²) in [5.41, 5.74) is 3.36. The lowest BCUT2D eigenvalue weighted by Gasteiger charge is -2.32. The van der Waals surface area contributed by atoms with Crippen LogP contribution >= 0.6 is 0 Å². The van der Waals surface area contributed by atoms with Crippen molar-refractivity contribution in [1.29, 1.82) is 0 Å². The third-order valence-corrected chi connectivity index (χ3v) is 5.13. The van der Waals surface area contributed by atoms with E-state index in [1.165, 1.54) is 24.5 Å². The Morgan fingerprint density at radius 1 is 0.969 bits per heavy atom. The SMILES string of the molecule is O=C(NN1CCC(Oc2ccc(C(F)(F)F)cc2)CC1)c1cnc(-c2ccccc2)nc1. The van der Waals surface area contributed by atoms with E-state index in [0.29, 0.717) is 43.1 Å². The van der Waals surface area contributed by atoms with Gasteiger partial charge in [0.1, 0.15) is 11.9 Å². The van der Waals surface area contributed by atoms with Gasteiger partial charge in [0, 0.05) is 31.0 Å². The number of nitrogens with one attached hydrogen (secondary N) is 1. The first-order valence-corrected chi connectivity index (χ1v) is 10.2. The van der Waals surface area contributed by atoms with Crippen molar-refractivity contribution >= 4 is 5.91 Å². The first-order valence-electron chi connectivity index (χ1n) is 10.2. The number of carbonyl (C=O) groups excluding carboxylic acids is 1. The van der Waals surface area contributed by atoms with Gasteiger partial charge in [-0.15, -0.1) is 0 Å². The summed E-state index contributed by atoms with van der Waals surface area (Å²) in [6.07, 6.45) is -0.255. The number of halogens is 3. The third kappa shape index (κ3) is 5.42. The number of hydrogen-bond acceptors (Lipinski definition) is 5. The van der Waals surface area contributed by atoms with Gasteiger partial charge in [0.25, 0.3) is 5.91 Å².